The molecule has 3 heteroatoms. The van der Waals surface area contributed by atoms with E-state index >= 15 is 0 Å². The molecule has 0 aliphatic carbocycles. The van der Waals surface area contributed by atoms with Crippen molar-refractivity contribution in [1.82, 2.24) is 5.32 Å². The number of nitrogens with one attached hydrogen (secondary N) is 1. The highest BCUT2D eigenvalue weighted by atomic mass is 16.7. The SMILES string of the molecule is Cc1ccc([C@@H](C)NCC2CCOCO2)cc1. The summed E-state index contributed by atoms with van der Waals surface area (Å²) in [4.78, 5) is 0. The lowest BCUT2D eigenvalue weighted by Gasteiger charge is -2.25. The number of hydrogen-bond acceptors (Lipinski definition) is 3. The molecule has 1 fully saturated rings. The summed E-state index contributed by atoms with van der Waals surface area (Å²) in [6.07, 6.45) is 1.27. The summed E-state index contributed by atoms with van der Waals surface area (Å²) in [5, 5.41) is 3.51. The van der Waals surface area contributed by atoms with E-state index in [1.165, 1.54) is 11.1 Å². The summed E-state index contributed by atoms with van der Waals surface area (Å²) in [7, 11) is 0. The van der Waals surface area contributed by atoms with E-state index < -0.39 is 0 Å². The van der Waals surface area contributed by atoms with Gasteiger partial charge >= 0.3 is 0 Å². The maximum absolute atomic E-state index is 5.50. The summed E-state index contributed by atoms with van der Waals surface area (Å²) in [5.41, 5.74) is 2.62. The van der Waals surface area contributed by atoms with Crippen LogP contribution in [0.3, 0.4) is 0 Å². The summed E-state index contributed by atoms with van der Waals surface area (Å²) in [6, 6.07) is 9.02. The van der Waals surface area contributed by atoms with Crippen LogP contribution in [0.1, 0.15) is 30.5 Å². The fraction of sp³-hybridized carbons (Fsp3) is 0.571. The lowest BCUT2D eigenvalue weighted by molar-refractivity contribution is -0.137. The Balaban J connectivity index is 1.80. The molecule has 1 aromatic rings. The largest absolute Gasteiger partial charge is 0.355 e. The van der Waals surface area contributed by atoms with Gasteiger partial charge in [0.05, 0.1) is 12.7 Å². The molecule has 1 N–H and O–H groups in total. The molecule has 1 unspecified atom stereocenters. The second-order valence-electron chi connectivity index (χ2n) is 4.64. The highest BCUT2D eigenvalue weighted by Gasteiger charge is 2.15. The molecule has 0 radical (unpaired) electrons. The second-order valence-corrected chi connectivity index (χ2v) is 4.64. The van der Waals surface area contributed by atoms with Gasteiger partial charge in [-0.15, -0.1) is 0 Å². The highest BCUT2D eigenvalue weighted by Crippen LogP contribution is 2.14. The highest BCUT2D eigenvalue weighted by molar-refractivity contribution is 5.23. The Morgan fingerprint density at radius 2 is 2.12 bits per heavy atom. The molecule has 0 amide bonds. The van der Waals surface area contributed by atoms with Crippen LogP contribution in [0.2, 0.25) is 0 Å². The van der Waals surface area contributed by atoms with Crippen LogP contribution < -0.4 is 5.32 Å². The van der Waals surface area contributed by atoms with Crippen LogP contribution in [0.25, 0.3) is 0 Å². The van der Waals surface area contributed by atoms with Gasteiger partial charge < -0.3 is 14.8 Å². The zero-order valence-electron chi connectivity index (χ0n) is 10.6. The first-order valence-electron chi connectivity index (χ1n) is 6.25. The standard InChI is InChI=1S/C14H21NO2/c1-11-3-5-13(6-4-11)12(2)15-9-14-7-8-16-10-17-14/h3-6,12,14-15H,7-10H2,1-2H3/t12-,14?/m1/s1. The minimum absolute atomic E-state index is 0.289. The number of rotatable bonds is 4. The summed E-state index contributed by atoms with van der Waals surface area (Å²) in [6.45, 7) is 6.43. The van der Waals surface area contributed by atoms with Crippen LogP contribution in [0.4, 0.5) is 0 Å². The zero-order chi connectivity index (χ0) is 12.1. The Labute approximate surface area is 103 Å². The topological polar surface area (TPSA) is 30.5 Å². The molecular formula is C14H21NO2. The van der Waals surface area contributed by atoms with Gasteiger partial charge in [-0.05, 0) is 25.8 Å². The Bertz CT molecular complexity index is 331. The van der Waals surface area contributed by atoms with Gasteiger partial charge in [-0.2, -0.15) is 0 Å². The Morgan fingerprint density at radius 3 is 2.76 bits per heavy atom. The zero-order valence-corrected chi connectivity index (χ0v) is 10.6. The van der Waals surface area contributed by atoms with Gasteiger partial charge in [0.1, 0.15) is 6.79 Å². The van der Waals surface area contributed by atoms with Crippen molar-refractivity contribution in [2.45, 2.75) is 32.4 Å². The van der Waals surface area contributed by atoms with E-state index in [9.17, 15) is 0 Å². The molecule has 2 rings (SSSR count). The summed E-state index contributed by atoms with van der Waals surface area (Å²) in [5.74, 6) is 0. The summed E-state index contributed by atoms with van der Waals surface area (Å²) < 4.78 is 10.7. The molecular weight excluding hydrogens is 214 g/mol. The predicted molar refractivity (Wildman–Crippen MR) is 67.9 cm³/mol. The van der Waals surface area contributed by atoms with Gasteiger partial charge in [-0.3, -0.25) is 0 Å². The number of aryl methyl sites for hydroxylation is 1. The molecule has 1 aromatic carbocycles. The molecule has 1 heterocycles. The number of benzene rings is 1. The van der Waals surface area contributed by atoms with Crippen LogP contribution in [-0.4, -0.2) is 26.0 Å². The Hall–Kier alpha value is -0.900. The quantitative estimate of drug-likeness (QED) is 0.869. The minimum Gasteiger partial charge on any atom is -0.355 e. The van der Waals surface area contributed by atoms with Crippen molar-refractivity contribution in [3.05, 3.63) is 35.4 Å². The van der Waals surface area contributed by atoms with Gasteiger partial charge in [-0.25, -0.2) is 0 Å². The third kappa shape index (κ3) is 3.80. The first kappa shape index (κ1) is 12.6. The van der Waals surface area contributed by atoms with Crippen molar-refractivity contribution < 1.29 is 9.47 Å². The molecule has 1 aliphatic rings. The summed E-state index contributed by atoms with van der Waals surface area (Å²) >= 11 is 0. The molecule has 17 heavy (non-hydrogen) atoms. The van der Waals surface area contributed by atoms with E-state index in [-0.39, 0.29) is 6.10 Å². The number of hydrogen-bond donors (Lipinski definition) is 1. The van der Waals surface area contributed by atoms with Crippen molar-refractivity contribution >= 4 is 0 Å². The van der Waals surface area contributed by atoms with Gasteiger partial charge in [0.2, 0.25) is 0 Å². The van der Waals surface area contributed by atoms with Crippen LogP contribution in [-0.2, 0) is 9.47 Å². The van der Waals surface area contributed by atoms with Gasteiger partial charge in [0, 0.05) is 12.6 Å². The average Bonchev–Trinajstić information content (AvgIpc) is 2.38. The van der Waals surface area contributed by atoms with Gasteiger partial charge in [-0.1, -0.05) is 29.8 Å². The molecule has 0 spiro atoms. The molecule has 1 aliphatic heterocycles. The molecule has 0 bridgehead atoms. The van der Waals surface area contributed by atoms with E-state index in [4.69, 9.17) is 9.47 Å². The molecule has 3 nitrogen and oxygen atoms in total. The van der Waals surface area contributed by atoms with E-state index in [0.29, 0.717) is 12.8 Å². The fourth-order valence-electron chi connectivity index (χ4n) is 1.94. The van der Waals surface area contributed by atoms with Crippen molar-refractivity contribution in [2.24, 2.45) is 0 Å². The monoisotopic (exact) mass is 235 g/mol. The number of ether oxygens (including phenoxy) is 2. The van der Waals surface area contributed by atoms with Crippen molar-refractivity contribution in [2.75, 3.05) is 19.9 Å². The second kappa shape index (κ2) is 6.15. The molecule has 1 saturated heterocycles. The average molecular weight is 235 g/mol. The first-order valence-corrected chi connectivity index (χ1v) is 6.25. The maximum atomic E-state index is 5.50. The van der Waals surface area contributed by atoms with E-state index in [1.807, 2.05) is 0 Å². The minimum atomic E-state index is 0.289. The molecule has 0 aromatic heterocycles. The normalized spacial score (nSPS) is 22.4. The molecule has 2 atom stereocenters. The predicted octanol–water partition coefficient (Wildman–Crippen LogP) is 2.41. The Morgan fingerprint density at radius 1 is 1.35 bits per heavy atom. The van der Waals surface area contributed by atoms with Crippen LogP contribution in [0, 0.1) is 6.92 Å². The van der Waals surface area contributed by atoms with Crippen LogP contribution >= 0.6 is 0 Å². The Kier molecular flexibility index (Phi) is 4.54. The fourth-order valence-corrected chi connectivity index (χ4v) is 1.94. The maximum Gasteiger partial charge on any atom is 0.147 e. The lowest BCUT2D eigenvalue weighted by atomic mass is 10.1. The van der Waals surface area contributed by atoms with E-state index in [0.717, 1.165) is 19.6 Å². The first-order chi connectivity index (χ1) is 8.25. The van der Waals surface area contributed by atoms with Crippen molar-refractivity contribution in [3.8, 4) is 0 Å². The van der Waals surface area contributed by atoms with Gasteiger partial charge in [0.25, 0.3) is 0 Å². The van der Waals surface area contributed by atoms with Crippen LogP contribution in [0.15, 0.2) is 24.3 Å². The molecule has 0 saturated carbocycles. The van der Waals surface area contributed by atoms with Gasteiger partial charge in [0.15, 0.2) is 0 Å². The molecule has 94 valence electrons. The van der Waals surface area contributed by atoms with Crippen molar-refractivity contribution in [1.29, 1.82) is 0 Å². The smallest absolute Gasteiger partial charge is 0.147 e. The third-order valence-corrected chi connectivity index (χ3v) is 3.20. The van der Waals surface area contributed by atoms with E-state index in [1.54, 1.807) is 0 Å². The lowest BCUT2D eigenvalue weighted by Crippen LogP contribution is -2.35. The van der Waals surface area contributed by atoms with Crippen molar-refractivity contribution in [3.63, 3.8) is 0 Å². The van der Waals surface area contributed by atoms with Crippen LogP contribution in [0.5, 0.6) is 0 Å². The van der Waals surface area contributed by atoms with E-state index in [2.05, 4.69) is 43.4 Å². The third-order valence-electron chi connectivity index (χ3n) is 3.20.